The SMILES string of the molecule is CC(c1ccc(C(C)(C)C)cc1)N1CC(CCl)CC1=O. The molecule has 1 amide bonds. The Balaban J connectivity index is 2.14. The third-order valence-corrected chi connectivity index (χ3v) is 4.62. The molecule has 0 bridgehead atoms. The maximum atomic E-state index is 12.1. The zero-order valence-corrected chi connectivity index (χ0v) is 13.6. The largest absolute Gasteiger partial charge is 0.336 e. The summed E-state index contributed by atoms with van der Waals surface area (Å²) in [5.74, 6) is 1.10. The first-order valence-electron chi connectivity index (χ1n) is 7.29. The highest BCUT2D eigenvalue weighted by Crippen LogP contribution is 2.30. The molecular weight excluding hydrogens is 270 g/mol. The zero-order valence-electron chi connectivity index (χ0n) is 12.8. The molecule has 0 saturated carbocycles. The molecule has 0 aromatic heterocycles. The number of rotatable bonds is 3. The molecule has 2 unspecified atom stereocenters. The lowest BCUT2D eigenvalue weighted by molar-refractivity contribution is -0.129. The molecule has 1 aliphatic heterocycles. The summed E-state index contributed by atoms with van der Waals surface area (Å²) in [7, 11) is 0. The summed E-state index contributed by atoms with van der Waals surface area (Å²) in [4.78, 5) is 14.0. The number of carbonyl (C=O) groups excluding carboxylic acids is 1. The van der Waals surface area contributed by atoms with Crippen LogP contribution in [0.4, 0.5) is 0 Å². The first-order chi connectivity index (χ1) is 9.32. The van der Waals surface area contributed by atoms with Crippen LogP contribution in [0.25, 0.3) is 0 Å². The fourth-order valence-electron chi connectivity index (χ4n) is 2.73. The molecule has 110 valence electrons. The van der Waals surface area contributed by atoms with Crippen LogP contribution in [0.3, 0.4) is 0 Å². The average molecular weight is 294 g/mol. The van der Waals surface area contributed by atoms with Crippen molar-refractivity contribution in [1.82, 2.24) is 4.90 Å². The number of nitrogens with zero attached hydrogens (tertiary/aromatic N) is 1. The van der Waals surface area contributed by atoms with Gasteiger partial charge in [-0.3, -0.25) is 4.79 Å². The molecule has 1 saturated heterocycles. The van der Waals surface area contributed by atoms with Gasteiger partial charge >= 0.3 is 0 Å². The van der Waals surface area contributed by atoms with E-state index >= 15 is 0 Å². The zero-order chi connectivity index (χ0) is 14.9. The maximum Gasteiger partial charge on any atom is 0.223 e. The molecule has 0 radical (unpaired) electrons. The molecule has 20 heavy (non-hydrogen) atoms. The van der Waals surface area contributed by atoms with Crippen molar-refractivity contribution in [3.8, 4) is 0 Å². The van der Waals surface area contributed by atoms with Crippen molar-refractivity contribution in [2.24, 2.45) is 5.92 Å². The van der Waals surface area contributed by atoms with Gasteiger partial charge < -0.3 is 4.90 Å². The normalized spacial score (nSPS) is 21.4. The van der Waals surface area contributed by atoms with Crippen molar-refractivity contribution in [3.63, 3.8) is 0 Å². The number of hydrogen-bond acceptors (Lipinski definition) is 1. The molecule has 1 fully saturated rings. The molecule has 3 heteroatoms. The first-order valence-corrected chi connectivity index (χ1v) is 7.82. The van der Waals surface area contributed by atoms with Crippen LogP contribution in [0.5, 0.6) is 0 Å². The quantitative estimate of drug-likeness (QED) is 0.767. The van der Waals surface area contributed by atoms with Crippen molar-refractivity contribution >= 4 is 17.5 Å². The molecule has 0 spiro atoms. The van der Waals surface area contributed by atoms with Crippen LogP contribution < -0.4 is 0 Å². The van der Waals surface area contributed by atoms with E-state index in [9.17, 15) is 4.79 Å². The summed E-state index contributed by atoms with van der Waals surface area (Å²) in [5, 5.41) is 0. The Hall–Kier alpha value is -1.02. The lowest BCUT2D eigenvalue weighted by Crippen LogP contribution is -2.28. The summed E-state index contributed by atoms with van der Waals surface area (Å²) >= 11 is 5.88. The van der Waals surface area contributed by atoms with Gasteiger partial charge in [-0.25, -0.2) is 0 Å². The van der Waals surface area contributed by atoms with Gasteiger partial charge in [0.15, 0.2) is 0 Å². The van der Waals surface area contributed by atoms with E-state index in [-0.39, 0.29) is 17.4 Å². The highest BCUT2D eigenvalue weighted by molar-refractivity contribution is 6.18. The van der Waals surface area contributed by atoms with Crippen molar-refractivity contribution in [2.45, 2.75) is 45.6 Å². The fourth-order valence-corrected chi connectivity index (χ4v) is 2.93. The molecule has 2 rings (SSSR count). The summed E-state index contributed by atoms with van der Waals surface area (Å²) in [6.07, 6.45) is 0.591. The molecule has 1 aromatic rings. The number of benzene rings is 1. The van der Waals surface area contributed by atoms with Crippen LogP contribution in [0.1, 0.15) is 51.3 Å². The summed E-state index contributed by atoms with van der Waals surface area (Å²) < 4.78 is 0. The van der Waals surface area contributed by atoms with E-state index in [1.54, 1.807) is 0 Å². The number of carbonyl (C=O) groups is 1. The number of alkyl halides is 1. The second kappa shape index (κ2) is 5.77. The minimum Gasteiger partial charge on any atom is -0.336 e. The van der Waals surface area contributed by atoms with Crippen LogP contribution in [-0.2, 0) is 10.2 Å². The number of halogens is 1. The van der Waals surface area contributed by atoms with E-state index in [0.717, 1.165) is 6.54 Å². The minimum atomic E-state index is 0.129. The van der Waals surface area contributed by atoms with Gasteiger partial charge in [0.05, 0.1) is 6.04 Å². The van der Waals surface area contributed by atoms with Crippen LogP contribution in [-0.4, -0.2) is 23.2 Å². The fraction of sp³-hybridized carbons (Fsp3) is 0.588. The van der Waals surface area contributed by atoms with Crippen molar-refractivity contribution in [1.29, 1.82) is 0 Å². The lowest BCUT2D eigenvalue weighted by atomic mass is 9.86. The van der Waals surface area contributed by atoms with Crippen molar-refractivity contribution in [3.05, 3.63) is 35.4 Å². The number of likely N-dealkylation sites (tertiary alicyclic amines) is 1. The first kappa shape index (κ1) is 15.4. The van der Waals surface area contributed by atoms with Gasteiger partial charge in [0, 0.05) is 18.8 Å². The summed E-state index contributed by atoms with van der Waals surface area (Å²) in [6, 6.07) is 8.76. The van der Waals surface area contributed by atoms with Gasteiger partial charge in [-0.2, -0.15) is 0 Å². The Labute approximate surface area is 127 Å². The third-order valence-electron chi connectivity index (χ3n) is 4.18. The van der Waals surface area contributed by atoms with E-state index in [1.807, 2.05) is 4.90 Å². The maximum absolute atomic E-state index is 12.1. The van der Waals surface area contributed by atoms with Gasteiger partial charge in [-0.15, -0.1) is 11.6 Å². The smallest absolute Gasteiger partial charge is 0.223 e. The van der Waals surface area contributed by atoms with Crippen molar-refractivity contribution in [2.75, 3.05) is 12.4 Å². The summed E-state index contributed by atoms with van der Waals surface area (Å²) in [5.41, 5.74) is 2.68. The molecule has 0 N–H and O–H groups in total. The van der Waals surface area contributed by atoms with Gasteiger partial charge in [0.2, 0.25) is 5.91 Å². The Bertz CT molecular complexity index is 475. The van der Waals surface area contributed by atoms with E-state index in [0.29, 0.717) is 18.2 Å². The highest BCUT2D eigenvalue weighted by Gasteiger charge is 2.32. The molecule has 2 nitrogen and oxygen atoms in total. The van der Waals surface area contributed by atoms with Gasteiger partial charge in [0.1, 0.15) is 0 Å². The second-order valence-corrected chi connectivity index (χ2v) is 7.13. The Morgan fingerprint density at radius 1 is 1.30 bits per heavy atom. The standard InChI is InChI=1S/C17H24ClNO/c1-12(19-11-13(10-18)9-16(19)20)14-5-7-15(8-6-14)17(2,3)4/h5-8,12-13H,9-11H2,1-4H3. The monoisotopic (exact) mass is 293 g/mol. The van der Waals surface area contributed by atoms with E-state index in [4.69, 9.17) is 11.6 Å². The van der Waals surface area contributed by atoms with Gasteiger partial charge in [-0.1, -0.05) is 45.0 Å². The predicted octanol–water partition coefficient (Wildman–Crippen LogP) is 4.13. The Kier molecular flexibility index (Phi) is 4.43. The van der Waals surface area contributed by atoms with Crippen LogP contribution in [0.15, 0.2) is 24.3 Å². The molecule has 2 atom stereocenters. The third kappa shape index (κ3) is 3.17. The average Bonchev–Trinajstić information content (AvgIpc) is 2.78. The number of hydrogen-bond donors (Lipinski definition) is 0. The highest BCUT2D eigenvalue weighted by atomic mass is 35.5. The minimum absolute atomic E-state index is 0.129. The van der Waals surface area contributed by atoms with Crippen LogP contribution in [0, 0.1) is 5.92 Å². The molecule has 0 aliphatic carbocycles. The van der Waals surface area contributed by atoms with Crippen molar-refractivity contribution < 1.29 is 4.79 Å². The molecular formula is C17H24ClNO. The molecule has 1 aromatic carbocycles. The Morgan fingerprint density at radius 2 is 1.90 bits per heavy atom. The van der Waals surface area contributed by atoms with E-state index < -0.39 is 0 Å². The van der Waals surface area contributed by atoms with Crippen LogP contribution >= 0.6 is 11.6 Å². The predicted molar refractivity (Wildman–Crippen MR) is 84.1 cm³/mol. The van der Waals surface area contributed by atoms with Crippen LogP contribution in [0.2, 0.25) is 0 Å². The van der Waals surface area contributed by atoms with Gasteiger partial charge in [0.25, 0.3) is 0 Å². The Morgan fingerprint density at radius 3 is 2.35 bits per heavy atom. The molecule has 1 heterocycles. The van der Waals surface area contributed by atoms with Gasteiger partial charge in [-0.05, 0) is 29.4 Å². The van der Waals surface area contributed by atoms with E-state index in [1.165, 1.54) is 11.1 Å². The summed E-state index contributed by atoms with van der Waals surface area (Å²) in [6.45, 7) is 9.51. The second-order valence-electron chi connectivity index (χ2n) is 6.82. The number of amides is 1. The topological polar surface area (TPSA) is 20.3 Å². The van der Waals surface area contributed by atoms with E-state index in [2.05, 4.69) is 52.0 Å². The lowest BCUT2D eigenvalue weighted by Gasteiger charge is -2.26. The molecule has 1 aliphatic rings.